The number of carbonyl (C=O) groups is 1. The van der Waals surface area contributed by atoms with E-state index in [1.165, 1.54) is 0 Å². The van der Waals surface area contributed by atoms with E-state index < -0.39 is 0 Å². The molecule has 0 aliphatic rings. The van der Waals surface area contributed by atoms with Gasteiger partial charge in [-0.15, -0.1) is 6.58 Å². The largest absolute Gasteiger partial charge is 0.351 e. The zero-order chi connectivity index (χ0) is 11.8. The average Bonchev–Trinajstić information content (AvgIpc) is 2.28. The second kappa shape index (κ2) is 7.04. The Hall–Kier alpha value is -1.32. The molecule has 0 fully saturated rings. The van der Waals surface area contributed by atoms with Gasteiger partial charge in [-0.3, -0.25) is 4.79 Å². The van der Waals surface area contributed by atoms with Gasteiger partial charge in [-0.25, -0.2) is 0 Å². The van der Waals surface area contributed by atoms with Crippen molar-refractivity contribution in [2.24, 2.45) is 0 Å². The molecule has 0 aliphatic heterocycles. The lowest BCUT2D eigenvalue weighted by Crippen LogP contribution is -2.33. The molecule has 1 amide bonds. The lowest BCUT2D eigenvalue weighted by molar-refractivity contribution is -0.120. The Kier molecular flexibility index (Phi) is 5.61. The van der Waals surface area contributed by atoms with Crippen LogP contribution in [0, 0.1) is 0 Å². The molecule has 2 N–H and O–H groups in total. The molecule has 1 aromatic carbocycles. The fourth-order valence-electron chi connectivity index (χ4n) is 1.19. The van der Waals surface area contributed by atoms with Crippen LogP contribution in [0.3, 0.4) is 0 Å². The summed E-state index contributed by atoms with van der Waals surface area (Å²) >= 11 is 5.95. The molecule has 0 saturated heterocycles. The van der Waals surface area contributed by atoms with Crippen LogP contribution in [0.25, 0.3) is 0 Å². The quantitative estimate of drug-likeness (QED) is 0.586. The second-order valence-electron chi connectivity index (χ2n) is 3.29. The van der Waals surface area contributed by atoms with Crippen molar-refractivity contribution in [3.63, 3.8) is 0 Å². The number of amides is 1. The predicted octanol–water partition coefficient (Wildman–Crippen LogP) is 1.73. The summed E-state index contributed by atoms with van der Waals surface area (Å²) in [5.74, 6) is -0.0539. The van der Waals surface area contributed by atoms with E-state index in [0.29, 0.717) is 18.1 Å². The first kappa shape index (κ1) is 12.7. The lowest BCUT2D eigenvalue weighted by atomic mass is 10.2. The van der Waals surface area contributed by atoms with Crippen molar-refractivity contribution in [1.29, 1.82) is 0 Å². The molecule has 0 atom stereocenters. The van der Waals surface area contributed by atoms with Gasteiger partial charge >= 0.3 is 0 Å². The minimum atomic E-state index is -0.0539. The minimum absolute atomic E-state index is 0.0539. The van der Waals surface area contributed by atoms with Crippen LogP contribution in [0.15, 0.2) is 36.9 Å². The highest BCUT2D eigenvalue weighted by Crippen LogP contribution is 2.13. The van der Waals surface area contributed by atoms with Crippen molar-refractivity contribution >= 4 is 17.5 Å². The van der Waals surface area contributed by atoms with Gasteiger partial charge in [-0.05, 0) is 11.6 Å². The monoisotopic (exact) mass is 238 g/mol. The topological polar surface area (TPSA) is 41.1 Å². The fourth-order valence-corrected chi connectivity index (χ4v) is 1.39. The molecule has 3 nitrogen and oxygen atoms in total. The normalized spacial score (nSPS) is 9.81. The van der Waals surface area contributed by atoms with Crippen LogP contribution in [0.2, 0.25) is 5.02 Å². The van der Waals surface area contributed by atoms with Crippen LogP contribution in [-0.4, -0.2) is 19.0 Å². The van der Waals surface area contributed by atoms with Gasteiger partial charge in [0.1, 0.15) is 0 Å². The van der Waals surface area contributed by atoms with Crippen molar-refractivity contribution < 1.29 is 4.79 Å². The molecule has 0 heterocycles. The maximum Gasteiger partial charge on any atom is 0.234 e. The molecule has 0 bridgehead atoms. The molecule has 0 aromatic heterocycles. The van der Waals surface area contributed by atoms with Crippen LogP contribution < -0.4 is 10.6 Å². The van der Waals surface area contributed by atoms with E-state index in [-0.39, 0.29) is 12.5 Å². The van der Waals surface area contributed by atoms with E-state index in [9.17, 15) is 4.79 Å². The van der Waals surface area contributed by atoms with Crippen molar-refractivity contribution in [3.8, 4) is 0 Å². The van der Waals surface area contributed by atoms with E-state index in [2.05, 4.69) is 17.2 Å². The van der Waals surface area contributed by atoms with Crippen LogP contribution >= 0.6 is 11.6 Å². The Bertz CT molecular complexity index is 366. The van der Waals surface area contributed by atoms with Crippen LogP contribution in [-0.2, 0) is 11.3 Å². The van der Waals surface area contributed by atoms with Crippen LogP contribution in [0.1, 0.15) is 5.56 Å². The first-order chi connectivity index (χ1) is 7.74. The molecule has 16 heavy (non-hydrogen) atoms. The average molecular weight is 239 g/mol. The molecule has 0 saturated carbocycles. The SMILES string of the molecule is C=CCNCC(=O)NCc1ccccc1Cl. The zero-order valence-electron chi connectivity index (χ0n) is 9.00. The number of benzene rings is 1. The molecule has 0 spiro atoms. The molecular formula is C12H15ClN2O. The van der Waals surface area contributed by atoms with Crippen molar-refractivity contribution in [2.45, 2.75) is 6.54 Å². The van der Waals surface area contributed by atoms with Crippen LogP contribution in [0.4, 0.5) is 0 Å². The summed E-state index contributed by atoms with van der Waals surface area (Å²) in [7, 11) is 0. The summed E-state index contributed by atoms with van der Waals surface area (Å²) in [5, 5.41) is 6.37. The van der Waals surface area contributed by atoms with Gasteiger partial charge in [0.2, 0.25) is 5.91 Å². The first-order valence-corrected chi connectivity index (χ1v) is 5.43. The van der Waals surface area contributed by atoms with Gasteiger partial charge in [0.15, 0.2) is 0 Å². The number of nitrogens with one attached hydrogen (secondary N) is 2. The summed E-state index contributed by atoms with van der Waals surface area (Å²) in [6.07, 6.45) is 1.71. The van der Waals surface area contributed by atoms with E-state index >= 15 is 0 Å². The van der Waals surface area contributed by atoms with Crippen molar-refractivity contribution in [1.82, 2.24) is 10.6 Å². The Morgan fingerprint density at radius 3 is 2.88 bits per heavy atom. The molecule has 0 unspecified atom stereocenters. The van der Waals surface area contributed by atoms with Gasteiger partial charge in [0, 0.05) is 18.1 Å². The minimum Gasteiger partial charge on any atom is -0.351 e. The maximum atomic E-state index is 11.4. The second-order valence-corrected chi connectivity index (χ2v) is 3.69. The lowest BCUT2D eigenvalue weighted by Gasteiger charge is -2.06. The molecule has 86 valence electrons. The first-order valence-electron chi connectivity index (χ1n) is 5.05. The summed E-state index contributed by atoms with van der Waals surface area (Å²) in [6, 6.07) is 7.45. The summed E-state index contributed by atoms with van der Waals surface area (Å²) < 4.78 is 0. The van der Waals surface area contributed by atoms with Gasteiger partial charge < -0.3 is 10.6 Å². The standard InChI is InChI=1S/C12H15ClN2O/c1-2-7-14-9-12(16)15-8-10-5-3-4-6-11(10)13/h2-6,14H,1,7-9H2,(H,15,16). The summed E-state index contributed by atoms with van der Waals surface area (Å²) in [6.45, 7) is 4.92. The molecule has 0 aliphatic carbocycles. The third-order valence-electron chi connectivity index (χ3n) is 2.01. The Morgan fingerprint density at radius 2 is 2.19 bits per heavy atom. The van der Waals surface area contributed by atoms with E-state index in [4.69, 9.17) is 11.6 Å². The Morgan fingerprint density at radius 1 is 1.44 bits per heavy atom. The van der Waals surface area contributed by atoms with E-state index in [1.807, 2.05) is 18.2 Å². The predicted molar refractivity (Wildman–Crippen MR) is 66.4 cm³/mol. The number of rotatable bonds is 6. The van der Waals surface area contributed by atoms with Crippen molar-refractivity contribution in [2.75, 3.05) is 13.1 Å². The van der Waals surface area contributed by atoms with Gasteiger partial charge in [-0.1, -0.05) is 35.9 Å². The number of halogens is 1. The zero-order valence-corrected chi connectivity index (χ0v) is 9.76. The molecule has 0 radical (unpaired) electrons. The highest BCUT2D eigenvalue weighted by atomic mass is 35.5. The van der Waals surface area contributed by atoms with E-state index in [0.717, 1.165) is 5.56 Å². The number of carbonyl (C=O) groups excluding carboxylic acids is 1. The van der Waals surface area contributed by atoms with Gasteiger partial charge in [0.25, 0.3) is 0 Å². The molecule has 1 aromatic rings. The highest BCUT2D eigenvalue weighted by molar-refractivity contribution is 6.31. The van der Waals surface area contributed by atoms with Crippen molar-refractivity contribution in [3.05, 3.63) is 47.5 Å². The summed E-state index contributed by atoms with van der Waals surface area (Å²) in [4.78, 5) is 11.4. The Balaban J connectivity index is 2.31. The van der Waals surface area contributed by atoms with E-state index in [1.54, 1.807) is 12.1 Å². The third kappa shape index (κ3) is 4.47. The van der Waals surface area contributed by atoms with Gasteiger partial charge in [-0.2, -0.15) is 0 Å². The van der Waals surface area contributed by atoms with Crippen LogP contribution in [0.5, 0.6) is 0 Å². The third-order valence-corrected chi connectivity index (χ3v) is 2.38. The number of hydrogen-bond donors (Lipinski definition) is 2. The Labute approximate surface area is 100 Å². The molecule has 4 heteroatoms. The number of hydrogen-bond acceptors (Lipinski definition) is 2. The van der Waals surface area contributed by atoms with Gasteiger partial charge in [0.05, 0.1) is 6.54 Å². The molecule has 1 rings (SSSR count). The molecular weight excluding hydrogens is 224 g/mol. The smallest absolute Gasteiger partial charge is 0.234 e. The highest BCUT2D eigenvalue weighted by Gasteiger charge is 2.02. The summed E-state index contributed by atoms with van der Waals surface area (Å²) in [5.41, 5.74) is 0.918. The fraction of sp³-hybridized carbons (Fsp3) is 0.250. The maximum absolute atomic E-state index is 11.4.